The van der Waals surface area contributed by atoms with Gasteiger partial charge in [0.05, 0.1) is 6.61 Å². The second kappa shape index (κ2) is 56.4. The Kier molecular flexibility index (Phi) is 54.8. The van der Waals surface area contributed by atoms with Crippen molar-refractivity contribution in [2.75, 3.05) is 13.2 Å². The summed E-state index contributed by atoms with van der Waals surface area (Å²) in [6, 6.07) is 0. The predicted molar refractivity (Wildman–Crippen MR) is 284 cm³/mol. The van der Waals surface area contributed by atoms with Gasteiger partial charge in [-0.1, -0.05) is 269 Å². The Hall–Kier alpha value is -1.88. The molecule has 0 aliphatic heterocycles. The van der Waals surface area contributed by atoms with Crippen LogP contribution in [0.4, 0.5) is 0 Å². The monoisotopic (exact) mass is 913 g/mol. The van der Waals surface area contributed by atoms with E-state index in [1.54, 1.807) is 0 Å². The Morgan fingerprint density at radius 2 is 0.615 bits per heavy atom. The molecule has 0 saturated carbocycles. The first kappa shape index (κ1) is 63.1. The summed E-state index contributed by atoms with van der Waals surface area (Å²) < 4.78 is 10.7. The lowest BCUT2D eigenvalue weighted by atomic mass is 10.0. The minimum Gasteiger partial charge on any atom is -0.462 e. The number of hydrogen-bond donors (Lipinski definition) is 1. The molecule has 0 spiro atoms. The number of aliphatic hydroxyl groups excluding tert-OH is 1. The van der Waals surface area contributed by atoms with Crippen molar-refractivity contribution in [2.24, 2.45) is 0 Å². The van der Waals surface area contributed by atoms with Crippen LogP contribution in [-0.4, -0.2) is 36.4 Å². The average Bonchev–Trinajstić information content (AvgIpc) is 3.31. The van der Waals surface area contributed by atoms with Gasteiger partial charge in [0.2, 0.25) is 0 Å². The van der Waals surface area contributed by atoms with Crippen molar-refractivity contribution in [3.8, 4) is 0 Å². The van der Waals surface area contributed by atoms with Crippen LogP contribution in [0.5, 0.6) is 0 Å². The van der Waals surface area contributed by atoms with E-state index in [0.29, 0.717) is 12.8 Å². The molecule has 1 unspecified atom stereocenters. The van der Waals surface area contributed by atoms with Crippen molar-refractivity contribution in [3.63, 3.8) is 0 Å². The zero-order valence-corrected chi connectivity index (χ0v) is 43.8. The van der Waals surface area contributed by atoms with E-state index in [0.717, 1.165) is 51.4 Å². The minimum absolute atomic E-state index is 0.0656. The van der Waals surface area contributed by atoms with Crippen molar-refractivity contribution in [1.29, 1.82) is 0 Å². The number of unbranched alkanes of at least 4 members (excludes halogenated alkanes) is 40. The Balaban J connectivity index is 3.35. The summed E-state index contributed by atoms with van der Waals surface area (Å²) in [6.07, 6.45) is 73.0. The van der Waals surface area contributed by atoms with Crippen LogP contribution < -0.4 is 0 Å². The molecule has 0 aromatic heterocycles. The molecule has 0 aromatic carbocycles. The number of allylic oxidation sites excluding steroid dienone is 6. The van der Waals surface area contributed by atoms with Crippen LogP contribution in [0.1, 0.15) is 316 Å². The quantitative estimate of drug-likeness (QED) is 0.0374. The SMILES string of the molecule is CCCCC/C=C\CCCCCCCC(=O)OCC(CO)OC(=O)CCCCCCCCCCCCCCCCCCCCCCCCCCCCC/C=C\C/C=C\CCCCCCC. The Morgan fingerprint density at radius 3 is 0.954 bits per heavy atom. The highest BCUT2D eigenvalue weighted by Crippen LogP contribution is 2.17. The van der Waals surface area contributed by atoms with E-state index in [1.165, 1.54) is 238 Å². The average molecular weight is 914 g/mol. The number of hydrogen-bond acceptors (Lipinski definition) is 5. The van der Waals surface area contributed by atoms with Crippen LogP contribution in [0.25, 0.3) is 0 Å². The van der Waals surface area contributed by atoms with Crippen LogP contribution in [0, 0.1) is 0 Å². The second-order valence-electron chi connectivity index (χ2n) is 19.7. The normalized spacial score (nSPS) is 12.4. The molecule has 5 heteroatoms. The van der Waals surface area contributed by atoms with Crippen LogP contribution in [0.3, 0.4) is 0 Å². The van der Waals surface area contributed by atoms with Crippen LogP contribution in [0.2, 0.25) is 0 Å². The van der Waals surface area contributed by atoms with E-state index in [4.69, 9.17) is 9.47 Å². The van der Waals surface area contributed by atoms with Crippen molar-refractivity contribution in [1.82, 2.24) is 0 Å². The van der Waals surface area contributed by atoms with Crippen molar-refractivity contribution < 1.29 is 24.2 Å². The highest BCUT2D eigenvalue weighted by molar-refractivity contribution is 5.70. The number of carbonyl (C=O) groups excluding carboxylic acids is 2. The van der Waals surface area contributed by atoms with Crippen LogP contribution >= 0.6 is 0 Å². The van der Waals surface area contributed by atoms with Crippen LogP contribution in [0.15, 0.2) is 36.5 Å². The molecule has 0 aliphatic rings. The fourth-order valence-electron chi connectivity index (χ4n) is 8.76. The van der Waals surface area contributed by atoms with Gasteiger partial charge >= 0.3 is 11.9 Å². The third-order valence-electron chi connectivity index (χ3n) is 13.2. The molecule has 0 amide bonds. The maximum Gasteiger partial charge on any atom is 0.306 e. The third kappa shape index (κ3) is 54.6. The number of carbonyl (C=O) groups is 2. The molecule has 0 aliphatic carbocycles. The summed E-state index contributed by atoms with van der Waals surface area (Å²) in [4.78, 5) is 24.4. The largest absolute Gasteiger partial charge is 0.462 e. The van der Waals surface area contributed by atoms with Crippen molar-refractivity contribution in [2.45, 2.75) is 322 Å². The van der Waals surface area contributed by atoms with Crippen molar-refractivity contribution >= 4 is 11.9 Å². The molecule has 0 heterocycles. The molecule has 0 rings (SSSR count). The summed E-state index contributed by atoms with van der Waals surface area (Å²) in [6.45, 7) is 4.12. The van der Waals surface area contributed by atoms with E-state index in [2.05, 4.69) is 50.3 Å². The first-order valence-electron chi connectivity index (χ1n) is 29.0. The summed E-state index contributed by atoms with van der Waals surface area (Å²) in [5, 5.41) is 9.61. The smallest absolute Gasteiger partial charge is 0.306 e. The van der Waals surface area contributed by atoms with E-state index in [-0.39, 0.29) is 25.2 Å². The number of ether oxygens (including phenoxy) is 2. The fourth-order valence-corrected chi connectivity index (χ4v) is 8.76. The van der Waals surface area contributed by atoms with E-state index < -0.39 is 6.10 Å². The lowest BCUT2D eigenvalue weighted by Crippen LogP contribution is -2.28. The maximum atomic E-state index is 12.3. The molecular formula is C60H112O5. The van der Waals surface area contributed by atoms with Gasteiger partial charge in [-0.2, -0.15) is 0 Å². The van der Waals surface area contributed by atoms with Gasteiger partial charge in [0.1, 0.15) is 6.61 Å². The molecule has 5 nitrogen and oxygen atoms in total. The lowest BCUT2D eigenvalue weighted by molar-refractivity contribution is -0.161. The van der Waals surface area contributed by atoms with Gasteiger partial charge in [0, 0.05) is 12.8 Å². The molecule has 0 bridgehead atoms. The molecule has 65 heavy (non-hydrogen) atoms. The van der Waals surface area contributed by atoms with Gasteiger partial charge in [-0.15, -0.1) is 0 Å². The Morgan fingerprint density at radius 1 is 0.354 bits per heavy atom. The summed E-state index contributed by atoms with van der Waals surface area (Å²) >= 11 is 0. The van der Waals surface area contributed by atoms with E-state index >= 15 is 0 Å². The minimum atomic E-state index is -0.771. The second-order valence-corrected chi connectivity index (χ2v) is 19.7. The van der Waals surface area contributed by atoms with Gasteiger partial charge in [-0.25, -0.2) is 0 Å². The van der Waals surface area contributed by atoms with Crippen LogP contribution in [-0.2, 0) is 19.1 Å². The lowest BCUT2D eigenvalue weighted by Gasteiger charge is -2.15. The maximum absolute atomic E-state index is 12.3. The molecule has 0 fully saturated rings. The standard InChI is InChI=1S/C60H112O5/c1-3-5-7-9-11-13-15-17-18-19-20-21-22-23-24-25-26-27-28-29-30-31-32-33-34-35-36-37-38-39-40-41-42-43-45-47-49-51-53-55-60(63)65-58(56-61)57-64-59(62)54-52-50-48-46-44-16-14-12-10-8-6-4-2/h12,14-15,17,19-20,58,61H,3-11,13,16,18,21-57H2,1-2H3/b14-12-,17-15-,20-19-. The number of aliphatic hydroxyl groups is 1. The molecule has 0 saturated heterocycles. The molecule has 1 N–H and O–H groups in total. The molecule has 1 atom stereocenters. The Bertz CT molecular complexity index is 1030. The summed E-state index contributed by atoms with van der Waals surface area (Å²) in [7, 11) is 0. The zero-order valence-electron chi connectivity index (χ0n) is 43.8. The summed E-state index contributed by atoms with van der Waals surface area (Å²) in [5.41, 5.74) is 0. The highest BCUT2D eigenvalue weighted by Gasteiger charge is 2.16. The van der Waals surface area contributed by atoms with Crippen molar-refractivity contribution in [3.05, 3.63) is 36.5 Å². The van der Waals surface area contributed by atoms with E-state index in [1.807, 2.05) is 0 Å². The topological polar surface area (TPSA) is 72.8 Å². The third-order valence-corrected chi connectivity index (χ3v) is 13.2. The number of esters is 2. The number of rotatable bonds is 54. The predicted octanol–water partition coefficient (Wildman–Crippen LogP) is 19.5. The van der Waals surface area contributed by atoms with Gasteiger partial charge < -0.3 is 14.6 Å². The molecule has 0 radical (unpaired) electrons. The zero-order chi connectivity index (χ0) is 47.0. The Labute approximate surface area is 406 Å². The van der Waals surface area contributed by atoms with Gasteiger partial charge in [0.15, 0.2) is 6.10 Å². The molecule has 0 aromatic rings. The van der Waals surface area contributed by atoms with Gasteiger partial charge in [-0.3, -0.25) is 9.59 Å². The van der Waals surface area contributed by atoms with Gasteiger partial charge in [0.25, 0.3) is 0 Å². The van der Waals surface area contributed by atoms with Gasteiger partial charge in [-0.05, 0) is 70.6 Å². The summed E-state index contributed by atoms with van der Waals surface area (Å²) in [5.74, 6) is -0.587. The molecular weight excluding hydrogens is 801 g/mol. The fraction of sp³-hybridized carbons (Fsp3) is 0.867. The first-order valence-corrected chi connectivity index (χ1v) is 29.0. The molecule has 382 valence electrons. The highest BCUT2D eigenvalue weighted by atomic mass is 16.6. The first-order chi connectivity index (χ1) is 32.1. The van der Waals surface area contributed by atoms with E-state index in [9.17, 15) is 14.7 Å².